The molecule has 0 aliphatic heterocycles. The highest BCUT2D eigenvalue weighted by atomic mass is 127. The third-order valence-corrected chi connectivity index (χ3v) is 2.44. The standard InChI is InChI=1S/C8H6F3IN2O3/c9-8(10,11)17-4-1-3(2-13)5(7(15)16)14-6(4)12/h1H,2,13H2,(H,15,16). The number of halogens is 4. The summed E-state index contributed by atoms with van der Waals surface area (Å²) in [5, 5.41) is 8.76. The molecular weight excluding hydrogens is 356 g/mol. The van der Waals surface area contributed by atoms with Crippen LogP contribution in [0.5, 0.6) is 5.75 Å². The van der Waals surface area contributed by atoms with Crippen LogP contribution in [0.15, 0.2) is 6.07 Å². The van der Waals surface area contributed by atoms with Gasteiger partial charge >= 0.3 is 12.3 Å². The number of carboxylic acid groups (broad SMARTS) is 1. The molecule has 94 valence electrons. The van der Waals surface area contributed by atoms with Gasteiger partial charge in [-0.25, -0.2) is 9.78 Å². The summed E-state index contributed by atoms with van der Waals surface area (Å²) in [6, 6.07) is 0.922. The van der Waals surface area contributed by atoms with Crippen molar-refractivity contribution in [1.29, 1.82) is 0 Å². The SMILES string of the molecule is NCc1cc(OC(F)(F)F)c(I)nc1C(=O)O. The predicted octanol–water partition coefficient (Wildman–Crippen LogP) is 1.74. The lowest BCUT2D eigenvalue weighted by atomic mass is 10.2. The third-order valence-electron chi connectivity index (χ3n) is 1.67. The van der Waals surface area contributed by atoms with E-state index in [2.05, 4.69) is 9.72 Å². The van der Waals surface area contributed by atoms with Crippen LogP contribution in [0.1, 0.15) is 16.1 Å². The summed E-state index contributed by atoms with van der Waals surface area (Å²) in [4.78, 5) is 14.3. The van der Waals surface area contributed by atoms with Crippen molar-refractivity contribution in [1.82, 2.24) is 4.98 Å². The van der Waals surface area contributed by atoms with E-state index in [1.807, 2.05) is 0 Å². The molecule has 0 aliphatic rings. The molecule has 1 aromatic heterocycles. The molecule has 5 nitrogen and oxygen atoms in total. The molecule has 0 fully saturated rings. The summed E-state index contributed by atoms with van der Waals surface area (Å²) >= 11 is 1.45. The zero-order valence-electron chi connectivity index (χ0n) is 8.08. The molecule has 0 unspecified atom stereocenters. The fourth-order valence-corrected chi connectivity index (χ4v) is 1.56. The number of carboxylic acids is 1. The first-order chi connectivity index (χ1) is 7.74. The van der Waals surface area contributed by atoms with Gasteiger partial charge in [0.1, 0.15) is 3.70 Å². The molecule has 0 bridgehead atoms. The van der Waals surface area contributed by atoms with Crippen molar-refractivity contribution in [2.24, 2.45) is 5.73 Å². The molecule has 0 amide bonds. The Morgan fingerprint density at radius 1 is 1.59 bits per heavy atom. The van der Waals surface area contributed by atoms with Crippen LogP contribution < -0.4 is 10.5 Å². The summed E-state index contributed by atoms with van der Waals surface area (Å²) in [5.41, 5.74) is 4.82. The molecule has 0 aromatic carbocycles. The van der Waals surface area contributed by atoms with Crippen molar-refractivity contribution in [2.75, 3.05) is 0 Å². The van der Waals surface area contributed by atoms with Gasteiger partial charge in [0.05, 0.1) is 0 Å². The topological polar surface area (TPSA) is 85.4 Å². The van der Waals surface area contributed by atoms with Gasteiger partial charge in [-0.2, -0.15) is 0 Å². The minimum absolute atomic E-state index is 0.0304. The Hall–Kier alpha value is -1.10. The Labute approximate surface area is 107 Å². The first kappa shape index (κ1) is 14.0. The molecule has 1 aromatic rings. The van der Waals surface area contributed by atoms with Gasteiger partial charge < -0.3 is 15.6 Å². The number of carbonyl (C=O) groups is 1. The summed E-state index contributed by atoms with van der Waals surface area (Å²) in [6.07, 6.45) is -4.86. The zero-order valence-corrected chi connectivity index (χ0v) is 10.2. The predicted molar refractivity (Wildman–Crippen MR) is 58.5 cm³/mol. The van der Waals surface area contributed by atoms with E-state index in [0.29, 0.717) is 0 Å². The normalized spacial score (nSPS) is 11.4. The first-order valence-corrected chi connectivity index (χ1v) is 5.21. The van der Waals surface area contributed by atoms with Crippen LogP contribution in [-0.2, 0) is 6.54 Å². The molecule has 0 atom stereocenters. The average molecular weight is 362 g/mol. The van der Waals surface area contributed by atoms with E-state index in [1.54, 1.807) is 0 Å². The number of hydrogen-bond acceptors (Lipinski definition) is 4. The highest BCUT2D eigenvalue weighted by Gasteiger charge is 2.33. The number of aromatic nitrogens is 1. The van der Waals surface area contributed by atoms with Gasteiger partial charge in [0, 0.05) is 12.1 Å². The molecule has 17 heavy (non-hydrogen) atoms. The number of nitrogens with zero attached hydrogens (tertiary/aromatic N) is 1. The maximum absolute atomic E-state index is 12.0. The van der Waals surface area contributed by atoms with Gasteiger partial charge in [-0.05, 0) is 28.7 Å². The van der Waals surface area contributed by atoms with Crippen molar-refractivity contribution in [3.63, 3.8) is 0 Å². The van der Waals surface area contributed by atoms with Gasteiger partial charge in [0.2, 0.25) is 0 Å². The average Bonchev–Trinajstić information content (AvgIpc) is 2.18. The van der Waals surface area contributed by atoms with E-state index in [0.717, 1.165) is 6.07 Å². The lowest BCUT2D eigenvalue weighted by molar-refractivity contribution is -0.275. The van der Waals surface area contributed by atoms with Crippen molar-refractivity contribution in [3.8, 4) is 5.75 Å². The second-order valence-electron chi connectivity index (χ2n) is 2.84. The fourth-order valence-electron chi connectivity index (χ4n) is 1.05. The Bertz CT molecular complexity index is 450. The first-order valence-electron chi connectivity index (χ1n) is 4.13. The van der Waals surface area contributed by atoms with Gasteiger partial charge in [-0.1, -0.05) is 0 Å². The largest absolute Gasteiger partial charge is 0.573 e. The van der Waals surface area contributed by atoms with E-state index in [1.165, 1.54) is 22.6 Å². The second-order valence-corrected chi connectivity index (χ2v) is 3.86. The van der Waals surface area contributed by atoms with Gasteiger partial charge in [0.25, 0.3) is 0 Å². The molecule has 0 spiro atoms. The quantitative estimate of drug-likeness (QED) is 0.632. The van der Waals surface area contributed by atoms with Gasteiger partial charge in [0.15, 0.2) is 11.4 Å². The maximum atomic E-state index is 12.0. The van der Waals surface area contributed by atoms with E-state index in [9.17, 15) is 18.0 Å². The number of hydrogen-bond donors (Lipinski definition) is 2. The van der Waals surface area contributed by atoms with Crippen molar-refractivity contribution in [3.05, 3.63) is 21.0 Å². The van der Waals surface area contributed by atoms with Crippen molar-refractivity contribution in [2.45, 2.75) is 12.9 Å². The number of pyridine rings is 1. The molecule has 0 aliphatic carbocycles. The number of alkyl halides is 3. The number of rotatable bonds is 3. The number of aromatic carboxylic acids is 1. The molecule has 9 heteroatoms. The van der Waals surface area contributed by atoms with Crippen LogP contribution in [0, 0.1) is 3.70 Å². The number of nitrogens with two attached hydrogens (primary N) is 1. The summed E-state index contributed by atoms with van der Waals surface area (Å²) in [7, 11) is 0. The van der Waals surface area contributed by atoms with Crippen LogP contribution in [0.3, 0.4) is 0 Å². The lowest BCUT2D eigenvalue weighted by Gasteiger charge is -2.12. The Kier molecular flexibility index (Phi) is 4.14. The minimum Gasteiger partial charge on any atom is -0.477 e. The highest BCUT2D eigenvalue weighted by Crippen LogP contribution is 2.28. The Morgan fingerprint density at radius 2 is 2.18 bits per heavy atom. The monoisotopic (exact) mass is 362 g/mol. The summed E-state index contributed by atoms with van der Waals surface area (Å²) < 4.78 is 39.5. The van der Waals surface area contributed by atoms with Gasteiger partial charge in [-0.3, -0.25) is 0 Å². The van der Waals surface area contributed by atoms with Crippen molar-refractivity contribution >= 4 is 28.6 Å². The second kappa shape index (κ2) is 5.04. The molecule has 0 radical (unpaired) electrons. The smallest absolute Gasteiger partial charge is 0.477 e. The van der Waals surface area contributed by atoms with E-state index >= 15 is 0 Å². The highest BCUT2D eigenvalue weighted by molar-refractivity contribution is 14.1. The molecule has 3 N–H and O–H groups in total. The van der Waals surface area contributed by atoms with E-state index in [-0.39, 0.29) is 21.5 Å². The molecular formula is C8H6F3IN2O3. The fraction of sp³-hybridized carbons (Fsp3) is 0.250. The molecule has 1 heterocycles. The molecule has 0 saturated carbocycles. The lowest BCUT2D eigenvalue weighted by Crippen LogP contribution is -2.19. The van der Waals surface area contributed by atoms with Crippen LogP contribution in [0.2, 0.25) is 0 Å². The molecule has 0 saturated heterocycles. The third kappa shape index (κ3) is 3.70. The van der Waals surface area contributed by atoms with E-state index < -0.39 is 18.1 Å². The van der Waals surface area contributed by atoms with Crippen LogP contribution in [-0.4, -0.2) is 22.4 Å². The summed E-state index contributed by atoms with van der Waals surface area (Å²) in [6.45, 7) is -0.250. The van der Waals surface area contributed by atoms with E-state index in [4.69, 9.17) is 10.8 Å². The van der Waals surface area contributed by atoms with Gasteiger partial charge in [-0.15, -0.1) is 13.2 Å². The Balaban J connectivity index is 3.23. The van der Waals surface area contributed by atoms with Crippen LogP contribution >= 0.6 is 22.6 Å². The minimum atomic E-state index is -4.86. The maximum Gasteiger partial charge on any atom is 0.573 e. The Morgan fingerprint density at radius 3 is 2.59 bits per heavy atom. The molecule has 1 rings (SSSR count). The zero-order chi connectivity index (χ0) is 13.2. The number of ether oxygens (including phenoxy) is 1. The van der Waals surface area contributed by atoms with Crippen LogP contribution in [0.25, 0.3) is 0 Å². The summed E-state index contributed by atoms with van der Waals surface area (Å²) in [5.74, 6) is -1.93. The van der Waals surface area contributed by atoms with Crippen LogP contribution in [0.4, 0.5) is 13.2 Å². The van der Waals surface area contributed by atoms with Crippen molar-refractivity contribution < 1.29 is 27.8 Å².